The maximum atomic E-state index is 12.2. The Morgan fingerprint density at radius 1 is 1.00 bits per heavy atom. The summed E-state index contributed by atoms with van der Waals surface area (Å²) < 4.78 is 10.9. The van der Waals surface area contributed by atoms with Crippen molar-refractivity contribution >= 4 is 17.6 Å². The van der Waals surface area contributed by atoms with E-state index in [2.05, 4.69) is 10.6 Å². The zero-order chi connectivity index (χ0) is 17.4. The molecule has 0 spiro atoms. The number of rotatable bonds is 8. The van der Waals surface area contributed by atoms with E-state index < -0.39 is 0 Å². The third-order valence-electron chi connectivity index (χ3n) is 3.49. The smallest absolute Gasteiger partial charge is 0.220 e. The van der Waals surface area contributed by atoms with E-state index in [4.69, 9.17) is 9.47 Å². The summed E-state index contributed by atoms with van der Waals surface area (Å²) in [4.78, 5) is 34.6. The molecule has 24 heavy (non-hydrogen) atoms. The van der Waals surface area contributed by atoms with E-state index >= 15 is 0 Å². The molecule has 2 rings (SSSR count). The van der Waals surface area contributed by atoms with Crippen molar-refractivity contribution in [2.24, 2.45) is 0 Å². The number of fused-ring (bicyclic) bond motifs is 1. The van der Waals surface area contributed by atoms with Crippen LogP contribution in [0.25, 0.3) is 0 Å². The number of benzene rings is 1. The Hall–Kier alpha value is -2.57. The summed E-state index contributed by atoms with van der Waals surface area (Å²) in [6.07, 6.45) is 0.923. The lowest BCUT2D eigenvalue weighted by Crippen LogP contribution is -2.28. The summed E-state index contributed by atoms with van der Waals surface area (Å²) in [5.74, 6) is 0.819. The molecule has 0 aliphatic carbocycles. The summed E-state index contributed by atoms with van der Waals surface area (Å²) >= 11 is 0. The van der Waals surface area contributed by atoms with Crippen LogP contribution in [-0.4, -0.2) is 43.9 Å². The lowest BCUT2D eigenvalue weighted by atomic mass is 10.1. The summed E-state index contributed by atoms with van der Waals surface area (Å²) in [6, 6.07) is 5.05. The maximum absolute atomic E-state index is 12.2. The fraction of sp³-hybridized carbons (Fsp3) is 0.471. The normalized spacial score (nSPS) is 12.4. The number of Topliss-reactive ketones (excluding diaryl/α,β-unsaturated/α-hetero) is 1. The minimum atomic E-state index is -0.177. The molecule has 0 unspecified atom stereocenters. The lowest BCUT2D eigenvalue weighted by molar-refractivity contribution is -0.121. The van der Waals surface area contributed by atoms with Crippen LogP contribution in [0.15, 0.2) is 18.2 Å². The van der Waals surface area contributed by atoms with Gasteiger partial charge in [-0.1, -0.05) is 0 Å². The molecule has 0 fully saturated rings. The zero-order valence-electron chi connectivity index (χ0n) is 13.7. The highest BCUT2D eigenvalue weighted by Crippen LogP contribution is 2.31. The first kappa shape index (κ1) is 17.8. The molecule has 2 amide bonds. The quantitative estimate of drug-likeness (QED) is 0.548. The second-order valence-electron chi connectivity index (χ2n) is 5.47. The predicted molar refractivity (Wildman–Crippen MR) is 87.3 cm³/mol. The van der Waals surface area contributed by atoms with E-state index in [9.17, 15) is 14.4 Å². The molecule has 1 heterocycles. The second kappa shape index (κ2) is 8.90. The third-order valence-corrected chi connectivity index (χ3v) is 3.49. The second-order valence-corrected chi connectivity index (χ2v) is 5.47. The van der Waals surface area contributed by atoms with Crippen molar-refractivity contribution in [3.05, 3.63) is 23.8 Å². The zero-order valence-corrected chi connectivity index (χ0v) is 13.7. The van der Waals surface area contributed by atoms with Gasteiger partial charge in [-0.05, 0) is 24.6 Å². The van der Waals surface area contributed by atoms with Crippen molar-refractivity contribution in [3.63, 3.8) is 0 Å². The number of carbonyl (C=O) groups excluding carboxylic acids is 3. The van der Waals surface area contributed by atoms with Gasteiger partial charge in [0.05, 0.1) is 0 Å². The van der Waals surface area contributed by atoms with Crippen molar-refractivity contribution in [1.29, 1.82) is 0 Å². The van der Waals surface area contributed by atoms with Crippen LogP contribution in [0.2, 0.25) is 0 Å². The van der Waals surface area contributed by atoms with Crippen molar-refractivity contribution in [2.75, 3.05) is 26.3 Å². The van der Waals surface area contributed by atoms with Crippen molar-refractivity contribution in [2.45, 2.75) is 26.2 Å². The molecule has 0 radical (unpaired) electrons. The van der Waals surface area contributed by atoms with Gasteiger partial charge in [0.15, 0.2) is 17.3 Å². The lowest BCUT2D eigenvalue weighted by Gasteiger charge is -2.18. The molecule has 0 atom stereocenters. The number of amides is 2. The topological polar surface area (TPSA) is 93.7 Å². The first-order valence-electron chi connectivity index (χ1n) is 8.00. The van der Waals surface area contributed by atoms with Gasteiger partial charge in [-0.2, -0.15) is 0 Å². The Balaban J connectivity index is 1.70. The van der Waals surface area contributed by atoms with Crippen LogP contribution in [0.5, 0.6) is 11.5 Å². The van der Waals surface area contributed by atoms with E-state index in [-0.39, 0.29) is 30.4 Å². The van der Waals surface area contributed by atoms with Gasteiger partial charge < -0.3 is 20.1 Å². The fourth-order valence-corrected chi connectivity index (χ4v) is 2.26. The van der Waals surface area contributed by atoms with Crippen molar-refractivity contribution < 1.29 is 23.9 Å². The number of hydrogen-bond donors (Lipinski definition) is 2. The molecule has 1 aromatic carbocycles. The molecule has 1 aromatic rings. The van der Waals surface area contributed by atoms with Gasteiger partial charge in [-0.3, -0.25) is 14.4 Å². The average Bonchev–Trinajstić information content (AvgIpc) is 2.58. The van der Waals surface area contributed by atoms with Gasteiger partial charge >= 0.3 is 0 Å². The highest BCUT2D eigenvalue weighted by atomic mass is 16.6. The molecule has 130 valence electrons. The molecular weight excluding hydrogens is 312 g/mol. The summed E-state index contributed by atoms with van der Waals surface area (Å²) in [5.41, 5.74) is 0.512. The molecular formula is C17H22N2O5. The Morgan fingerprint density at radius 3 is 2.46 bits per heavy atom. The molecule has 0 bridgehead atoms. The molecule has 2 N–H and O–H groups in total. The molecule has 7 heteroatoms. The van der Waals surface area contributed by atoms with E-state index in [1.54, 1.807) is 18.2 Å². The SMILES string of the molecule is CC(=O)NCCCNC(=O)CCC(=O)c1ccc2c(c1)OCCO2. The number of nitrogens with one attached hydrogen (secondary N) is 2. The van der Waals surface area contributed by atoms with Gasteiger partial charge in [0.1, 0.15) is 13.2 Å². The molecule has 1 aliphatic heterocycles. The van der Waals surface area contributed by atoms with Crippen LogP contribution in [0.3, 0.4) is 0 Å². The molecule has 0 aromatic heterocycles. The van der Waals surface area contributed by atoms with E-state index in [1.807, 2.05) is 0 Å². The monoisotopic (exact) mass is 334 g/mol. The van der Waals surface area contributed by atoms with Crippen LogP contribution < -0.4 is 20.1 Å². The number of hydrogen-bond acceptors (Lipinski definition) is 5. The van der Waals surface area contributed by atoms with Crippen LogP contribution in [0.4, 0.5) is 0 Å². The standard InChI is InChI=1S/C17H22N2O5/c1-12(20)18-7-2-8-19-17(22)6-4-14(21)13-3-5-15-16(11-13)24-10-9-23-15/h3,5,11H,2,4,6-10H2,1H3,(H,18,20)(H,19,22). The highest BCUT2D eigenvalue weighted by Gasteiger charge is 2.15. The summed E-state index contributed by atoms with van der Waals surface area (Å²) in [6.45, 7) is 3.40. The van der Waals surface area contributed by atoms with Crippen LogP contribution in [-0.2, 0) is 9.59 Å². The van der Waals surface area contributed by atoms with Crippen molar-refractivity contribution in [3.8, 4) is 11.5 Å². The first-order valence-corrected chi connectivity index (χ1v) is 8.00. The van der Waals surface area contributed by atoms with Crippen LogP contribution in [0.1, 0.15) is 36.5 Å². The minimum absolute atomic E-state index is 0.0913. The predicted octanol–water partition coefficient (Wildman–Crippen LogP) is 1.06. The van der Waals surface area contributed by atoms with Crippen LogP contribution >= 0.6 is 0 Å². The van der Waals surface area contributed by atoms with Gasteiger partial charge in [0.25, 0.3) is 0 Å². The molecule has 0 saturated heterocycles. The minimum Gasteiger partial charge on any atom is -0.486 e. The molecule has 7 nitrogen and oxygen atoms in total. The Morgan fingerprint density at radius 2 is 1.71 bits per heavy atom. The number of ketones is 1. The largest absolute Gasteiger partial charge is 0.486 e. The van der Waals surface area contributed by atoms with Gasteiger partial charge in [-0.15, -0.1) is 0 Å². The van der Waals surface area contributed by atoms with E-state index in [1.165, 1.54) is 6.92 Å². The maximum Gasteiger partial charge on any atom is 0.220 e. The van der Waals surface area contributed by atoms with E-state index in [0.29, 0.717) is 49.8 Å². The Kier molecular flexibility index (Phi) is 6.60. The Labute approximate surface area is 140 Å². The first-order chi connectivity index (χ1) is 11.6. The van der Waals surface area contributed by atoms with Crippen molar-refractivity contribution in [1.82, 2.24) is 10.6 Å². The summed E-state index contributed by atoms with van der Waals surface area (Å²) in [5, 5.41) is 5.38. The van der Waals surface area contributed by atoms with Gasteiger partial charge in [-0.25, -0.2) is 0 Å². The summed E-state index contributed by atoms with van der Waals surface area (Å²) in [7, 11) is 0. The average molecular weight is 334 g/mol. The highest BCUT2D eigenvalue weighted by molar-refractivity contribution is 5.98. The fourth-order valence-electron chi connectivity index (χ4n) is 2.26. The Bertz CT molecular complexity index is 615. The van der Waals surface area contributed by atoms with E-state index in [0.717, 1.165) is 0 Å². The number of carbonyl (C=O) groups is 3. The molecule has 0 saturated carbocycles. The molecule has 1 aliphatic rings. The third kappa shape index (κ3) is 5.57. The van der Waals surface area contributed by atoms with Gasteiger partial charge in [0, 0.05) is 38.4 Å². The van der Waals surface area contributed by atoms with Gasteiger partial charge in [0.2, 0.25) is 11.8 Å². The van der Waals surface area contributed by atoms with Crippen LogP contribution in [0, 0.1) is 0 Å². The number of ether oxygens (including phenoxy) is 2.